The van der Waals surface area contributed by atoms with Gasteiger partial charge in [-0.3, -0.25) is 0 Å². The van der Waals surface area contributed by atoms with Gasteiger partial charge in [-0.05, 0) is 40.2 Å². The van der Waals surface area contributed by atoms with E-state index in [0.717, 1.165) is 29.7 Å². The Bertz CT molecular complexity index is 521. The number of aliphatic hydroxyl groups is 1. The van der Waals surface area contributed by atoms with Gasteiger partial charge in [0.2, 0.25) is 0 Å². The van der Waals surface area contributed by atoms with Crippen LogP contribution in [0.15, 0.2) is 22.1 Å². The summed E-state index contributed by atoms with van der Waals surface area (Å²) in [6.07, 6.45) is 2.36. The van der Waals surface area contributed by atoms with Gasteiger partial charge in [-0.25, -0.2) is 4.98 Å². The predicted octanol–water partition coefficient (Wildman–Crippen LogP) is 2.61. The Morgan fingerprint density at radius 2 is 2.47 bits per heavy atom. The van der Waals surface area contributed by atoms with E-state index in [9.17, 15) is 5.11 Å². The lowest BCUT2D eigenvalue weighted by atomic mass is 10.1. The number of hydrogen-bond donors (Lipinski definition) is 1. The van der Waals surface area contributed by atoms with Gasteiger partial charge in [-0.2, -0.15) is 0 Å². The van der Waals surface area contributed by atoms with Gasteiger partial charge in [0.05, 0.1) is 18.3 Å². The molecule has 0 amide bonds. The summed E-state index contributed by atoms with van der Waals surface area (Å²) < 4.78 is 3.11. The molecule has 1 atom stereocenters. The quantitative estimate of drug-likeness (QED) is 0.925. The molecular formula is C12H13BrN2OS. The molecule has 0 bridgehead atoms. The molecule has 17 heavy (non-hydrogen) atoms. The van der Waals surface area contributed by atoms with Crippen LogP contribution in [-0.4, -0.2) is 20.8 Å². The lowest BCUT2D eigenvalue weighted by Crippen LogP contribution is -2.25. The van der Waals surface area contributed by atoms with E-state index in [2.05, 4.69) is 43.0 Å². The first-order chi connectivity index (χ1) is 8.24. The van der Waals surface area contributed by atoms with Gasteiger partial charge in [-0.15, -0.1) is 11.3 Å². The van der Waals surface area contributed by atoms with Crippen LogP contribution in [0.4, 0.5) is 0 Å². The SMILES string of the molecule is OC1CCc2c(Br)nc(Cc3cccs3)n2C1. The Kier molecular flexibility index (Phi) is 3.06. The molecule has 3 heterocycles. The highest BCUT2D eigenvalue weighted by Gasteiger charge is 2.23. The lowest BCUT2D eigenvalue weighted by molar-refractivity contribution is 0.130. The fourth-order valence-electron chi connectivity index (χ4n) is 2.27. The molecule has 0 aromatic carbocycles. The van der Waals surface area contributed by atoms with Crippen molar-refractivity contribution in [3.63, 3.8) is 0 Å². The molecule has 90 valence electrons. The molecule has 0 saturated heterocycles. The predicted molar refractivity (Wildman–Crippen MR) is 71.4 cm³/mol. The zero-order valence-electron chi connectivity index (χ0n) is 9.27. The molecule has 1 unspecified atom stereocenters. The van der Waals surface area contributed by atoms with Gasteiger partial charge in [0, 0.05) is 11.3 Å². The van der Waals surface area contributed by atoms with E-state index in [4.69, 9.17) is 0 Å². The number of aliphatic hydroxyl groups excluding tert-OH is 1. The third-order valence-electron chi connectivity index (χ3n) is 3.12. The number of imidazole rings is 1. The number of hydrogen-bond acceptors (Lipinski definition) is 3. The van der Waals surface area contributed by atoms with Crippen LogP contribution in [-0.2, 0) is 19.4 Å². The van der Waals surface area contributed by atoms with Gasteiger partial charge < -0.3 is 9.67 Å². The monoisotopic (exact) mass is 312 g/mol. The van der Waals surface area contributed by atoms with Crippen LogP contribution >= 0.6 is 27.3 Å². The lowest BCUT2D eigenvalue weighted by Gasteiger charge is -2.21. The minimum atomic E-state index is -0.231. The molecule has 0 radical (unpaired) electrons. The van der Waals surface area contributed by atoms with Crippen LogP contribution < -0.4 is 0 Å². The maximum Gasteiger partial charge on any atom is 0.127 e. The molecule has 0 fully saturated rings. The molecule has 0 spiro atoms. The van der Waals surface area contributed by atoms with Crippen molar-refractivity contribution in [1.29, 1.82) is 0 Å². The first kappa shape index (κ1) is 11.4. The third kappa shape index (κ3) is 2.19. The molecule has 0 aliphatic carbocycles. The second-order valence-electron chi connectivity index (χ2n) is 4.32. The highest BCUT2D eigenvalue weighted by atomic mass is 79.9. The van der Waals surface area contributed by atoms with Crippen molar-refractivity contribution in [1.82, 2.24) is 9.55 Å². The second kappa shape index (κ2) is 4.55. The first-order valence-corrected chi connectivity index (χ1v) is 7.35. The van der Waals surface area contributed by atoms with Crippen molar-refractivity contribution >= 4 is 27.3 Å². The minimum absolute atomic E-state index is 0.231. The zero-order chi connectivity index (χ0) is 11.8. The second-order valence-corrected chi connectivity index (χ2v) is 6.11. The average molecular weight is 313 g/mol. The van der Waals surface area contributed by atoms with E-state index < -0.39 is 0 Å². The molecule has 3 nitrogen and oxygen atoms in total. The van der Waals surface area contributed by atoms with Crippen LogP contribution in [0.3, 0.4) is 0 Å². The van der Waals surface area contributed by atoms with Crippen molar-refractivity contribution in [3.05, 3.63) is 38.5 Å². The Hall–Kier alpha value is -0.650. The van der Waals surface area contributed by atoms with E-state index in [1.54, 1.807) is 11.3 Å². The summed E-state index contributed by atoms with van der Waals surface area (Å²) in [5.74, 6) is 1.05. The zero-order valence-corrected chi connectivity index (χ0v) is 11.7. The summed E-state index contributed by atoms with van der Waals surface area (Å²) in [5.41, 5.74) is 1.22. The summed E-state index contributed by atoms with van der Waals surface area (Å²) in [5, 5.41) is 11.8. The van der Waals surface area contributed by atoms with Gasteiger partial charge in [0.15, 0.2) is 0 Å². The maximum atomic E-state index is 9.75. The third-order valence-corrected chi connectivity index (χ3v) is 4.63. The summed E-state index contributed by atoms with van der Waals surface area (Å²) in [6, 6.07) is 4.18. The topological polar surface area (TPSA) is 38.1 Å². The Balaban J connectivity index is 1.95. The summed E-state index contributed by atoms with van der Waals surface area (Å²) in [7, 11) is 0. The van der Waals surface area contributed by atoms with E-state index in [0.29, 0.717) is 6.54 Å². The van der Waals surface area contributed by atoms with Crippen LogP contribution in [0, 0.1) is 0 Å². The van der Waals surface area contributed by atoms with Gasteiger partial charge >= 0.3 is 0 Å². The molecule has 0 saturated carbocycles. The number of rotatable bonds is 2. The van der Waals surface area contributed by atoms with Gasteiger partial charge in [-0.1, -0.05) is 6.07 Å². The van der Waals surface area contributed by atoms with E-state index in [1.165, 1.54) is 10.6 Å². The fraction of sp³-hybridized carbons (Fsp3) is 0.417. The molecule has 1 aliphatic rings. The molecule has 1 aliphatic heterocycles. The van der Waals surface area contributed by atoms with Crippen molar-refractivity contribution in [2.45, 2.75) is 31.9 Å². The number of thiophene rings is 1. The van der Waals surface area contributed by atoms with Crippen molar-refractivity contribution in [2.75, 3.05) is 0 Å². The molecule has 3 rings (SSSR count). The average Bonchev–Trinajstić information content (AvgIpc) is 2.89. The Labute approximate surface area is 112 Å². The smallest absolute Gasteiger partial charge is 0.127 e. The normalized spacial score (nSPS) is 19.3. The van der Waals surface area contributed by atoms with Gasteiger partial charge in [0.1, 0.15) is 10.4 Å². The minimum Gasteiger partial charge on any atom is -0.391 e. The number of halogens is 1. The standard InChI is InChI=1S/C12H13BrN2OS/c13-12-10-4-3-8(16)7-15(10)11(14-12)6-9-2-1-5-17-9/h1-2,5,8,16H,3-4,6-7H2. The Morgan fingerprint density at radius 3 is 3.24 bits per heavy atom. The summed E-state index contributed by atoms with van der Waals surface area (Å²) >= 11 is 5.26. The van der Waals surface area contributed by atoms with E-state index in [1.807, 2.05) is 0 Å². The van der Waals surface area contributed by atoms with E-state index >= 15 is 0 Å². The molecule has 2 aromatic rings. The largest absolute Gasteiger partial charge is 0.391 e. The first-order valence-electron chi connectivity index (χ1n) is 5.68. The van der Waals surface area contributed by atoms with Crippen LogP contribution in [0.1, 0.15) is 22.8 Å². The number of nitrogens with zero attached hydrogens (tertiary/aromatic N) is 2. The van der Waals surface area contributed by atoms with E-state index in [-0.39, 0.29) is 6.10 Å². The summed E-state index contributed by atoms with van der Waals surface area (Å²) in [6.45, 7) is 0.675. The van der Waals surface area contributed by atoms with Crippen molar-refractivity contribution in [2.24, 2.45) is 0 Å². The molecule has 2 aromatic heterocycles. The highest BCUT2D eigenvalue weighted by Crippen LogP contribution is 2.26. The fourth-order valence-corrected chi connectivity index (χ4v) is 3.59. The Morgan fingerprint density at radius 1 is 1.59 bits per heavy atom. The van der Waals surface area contributed by atoms with Crippen LogP contribution in [0.5, 0.6) is 0 Å². The highest BCUT2D eigenvalue weighted by molar-refractivity contribution is 9.10. The van der Waals surface area contributed by atoms with Crippen molar-refractivity contribution in [3.8, 4) is 0 Å². The number of aromatic nitrogens is 2. The van der Waals surface area contributed by atoms with Gasteiger partial charge in [0.25, 0.3) is 0 Å². The summed E-state index contributed by atoms with van der Waals surface area (Å²) in [4.78, 5) is 5.89. The maximum absolute atomic E-state index is 9.75. The number of fused-ring (bicyclic) bond motifs is 1. The van der Waals surface area contributed by atoms with Crippen LogP contribution in [0.2, 0.25) is 0 Å². The molecular weight excluding hydrogens is 300 g/mol. The molecule has 5 heteroatoms. The van der Waals surface area contributed by atoms with Crippen LogP contribution in [0.25, 0.3) is 0 Å². The van der Waals surface area contributed by atoms with Crippen molar-refractivity contribution < 1.29 is 5.11 Å². The molecule has 1 N–H and O–H groups in total.